The third-order valence-corrected chi connectivity index (χ3v) is 3.94. The molecule has 1 heterocycles. The average Bonchev–Trinajstić information content (AvgIpc) is 2.68. The number of pyridine rings is 1. The first-order valence-corrected chi connectivity index (χ1v) is 8.80. The molecule has 2 N–H and O–H groups in total. The number of nitrogens with one attached hydrogen (secondary N) is 2. The second-order valence-corrected chi connectivity index (χ2v) is 5.86. The Bertz CT molecular complexity index is 747. The van der Waals surface area contributed by atoms with E-state index in [2.05, 4.69) is 22.5 Å². The van der Waals surface area contributed by atoms with Gasteiger partial charge in [0.25, 0.3) is 11.8 Å². The smallest absolute Gasteiger partial charge is 0.269 e. The van der Waals surface area contributed by atoms with Crippen LogP contribution in [0.15, 0.2) is 42.6 Å². The van der Waals surface area contributed by atoms with E-state index in [1.807, 2.05) is 24.3 Å². The Labute approximate surface area is 154 Å². The highest BCUT2D eigenvalue weighted by Gasteiger charge is 2.11. The molecule has 6 nitrogen and oxygen atoms in total. The standard InChI is InChI=1S/C20H25N3O3/c1-3-4-11-22-19(24)16-10-12-21-17(14-16)20(25)23-13-9-15-7-5-6-8-18(15)26-2/h5-8,10,12,14H,3-4,9,11,13H2,1-2H3,(H,22,24)(H,23,25). The number of aromatic nitrogens is 1. The van der Waals surface area contributed by atoms with Crippen LogP contribution in [-0.4, -0.2) is 37.0 Å². The molecular formula is C20H25N3O3. The molecule has 0 bridgehead atoms. The van der Waals surface area contributed by atoms with Crippen molar-refractivity contribution in [3.8, 4) is 5.75 Å². The fourth-order valence-electron chi connectivity index (χ4n) is 2.49. The molecule has 26 heavy (non-hydrogen) atoms. The molecule has 0 saturated carbocycles. The number of methoxy groups -OCH3 is 1. The van der Waals surface area contributed by atoms with Crippen LogP contribution in [0, 0.1) is 0 Å². The molecule has 0 spiro atoms. The van der Waals surface area contributed by atoms with Crippen molar-refractivity contribution in [1.29, 1.82) is 0 Å². The third-order valence-electron chi connectivity index (χ3n) is 3.94. The van der Waals surface area contributed by atoms with Gasteiger partial charge in [0.1, 0.15) is 11.4 Å². The van der Waals surface area contributed by atoms with Crippen molar-refractivity contribution in [2.45, 2.75) is 26.2 Å². The van der Waals surface area contributed by atoms with Gasteiger partial charge in [-0.05, 0) is 36.6 Å². The molecule has 1 aromatic heterocycles. The molecule has 2 amide bonds. The van der Waals surface area contributed by atoms with Gasteiger partial charge in [-0.1, -0.05) is 31.5 Å². The molecule has 6 heteroatoms. The molecule has 138 valence electrons. The Morgan fingerprint density at radius 2 is 1.85 bits per heavy atom. The van der Waals surface area contributed by atoms with E-state index in [1.165, 1.54) is 12.3 Å². The van der Waals surface area contributed by atoms with Gasteiger partial charge in [0.15, 0.2) is 0 Å². The molecule has 1 aromatic carbocycles. The number of para-hydroxylation sites is 1. The summed E-state index contributed by atoms with van der Waals surface area (Å²) in [5.74, 6) is 0.303. The lowest BCUT2D eigenvalue weighted by molar-refractivity contribution is 0.0949. The summed E-state index contributed by atoms with van der Waals surface area (Å²) in [6.45, 7) is 3.14. The van der Waals surface area contributed by atoms with E-state index in [1.54, 1.807) is 13.2 Å². The zero-order chi connectivity index (χ0) is 18.8. The lowest BCUT2D eigenvalue weighted by Crippen LogP contribution is -2.28. The Morgan fingerprint density at radius 1 is 1.08 bits per heavy atom. The van der Waals surface area contributed by atoms with E-state index in [4.69, 9.17) is 4.74 Å². The number of benzene rings is 1. The van der Waals surface area contributed by atoms with E-state index in [-0.39, 0.29) is 17.5 Å². The normalized spacial score (nSPS) is 10.2. The van der Waals surface area contributed by atoms with Gasteiger partial charge in [0.2, 0.25) is 0 Å². The van der Waals surface area contributed by atoms with E-state index in [9.17, 15) is 9.59 Å². The molecule has 0 aliphatic carbocycles. The second-order valence-electron chi connectivity index (χ2n) is 5.86. The summed E-state index contributed by atoms with van der Waals surface area (Å²) in [5.41, 5.74) is 1.69. The highest BCUT2D eigenvalue weighted by molar-refractivity contribution is 5.98. The molecular weight excluding hydrogens is 330 g/mol. The Kier molecular flexibility index (Phi) is 7.61. The minimum absolute atomic E-state index is 0.191. The number of rotatable bonds is 9. The van der Waals surface area contributed by atoms with Gasteiger partial charge in [-0.25, -0.2) is 0 Å². The number of carbonyl (C=O) groups is 2. The third kappa shape index (κ3) is 5.58. The fraction of sp³-hybridized carbons (Fsp3) is 0.350. The highest BCUT2D eigenvalue weighted by atomic mass is 16.5. The second kappa shape index (κ2) is 10.2. The van der Waals surface area contributed by atoms with E-state index >= 15 is 0 Å². The zero-order valence-corrected chi connectivity index (χ0v) is 15.2. The molecule has 2 aromatic rings. The molecule has 0 atom stereocenters. The Morgan fingerprint density at radius 3 is 2.62 bits per heavy atom. The summed E-state index contributed by atoms with van der Waals surface area (Å²) >= 11 is 0. The van der Waals surface area contributed by atoms with Crippen molar-refractivity contribution in [3.63, 3.8) is 0 Å². The summed E-state index contributed by atoms with van der Waals surface area (Å²) < 4.78 is 5.30. The largest absolute Gasteiger partial charge is 0.496 e. The summed E-state index contributed by atoms with van der Waals surface area (Å²) in [7, 11) is 1.62. The molecule has 0 fully saturated rings. The van der Waals surface area contributed by atoms with Crippen LogP contribution in [0.4, 0.5) is 0 Å². The molecule has 2 rings (SSSR count). The van der Waals surface area contributed by atoms with E-state index in [0.717, 1.165) is 24.2 Å². The maximum Gasteiger partial charge on any atom is 0.269 e. The lowest BCUT2D eigenvalue weighted by Gasteiger charge is -2.09. The van der Waals surface area contributed by atoms with Crippen LogP contribution < -0.4 is 15.4 Å². The summed E-state index contributed by atoms with van der Waals surface area (Å²) in [5, 5.41) is 5.66. The van der Waals surface area contributed by atoms with Gasteiger partial charge in [0.05, 0.1) is 7.11 Å². The van der Waals surface area contributed by atoms with Gasteiger partial charge in [-0.3, -0.25) is 14.6 Å². The van der Waals surface area contributed by atoms with Crippen LogP contribution in [0.25, 0.3) is 0 Å². The van der Waals surface area contributed by atoms with Crippen molar-refractivity contribution in [3.05, 3.63) is 59.4 Å². The van der Waals surface area contributed by atoms with Crippen molar-refractivity contribution < 1.29 is 14.3 Å². The number of nitrogens with zero attached hydrogens (tertiary/aromatic N) is 1. The van der Waals surface area contributed by atoms with Crippen LogP contribution in [0.5, 0.6) is 5.75 Å². The van der Waals surface area contributed by atoms with Gasteiger partial charge in [0, 0.05) is 24.8 Å². The maximum absolute atomic E-state index is 12.3. The molecule has 0 radical (unpaired) electrons. The number of hydrogen-bond donors (Lipinski definition) is 2. The Hall–Kier alpha value is -2.89. The number of amides is 2. The van der Waals surface area contributed by atoms with Gasteiger partial charge < -0.3 is 15.4 Å². The zero-order valence-electron chi connectivity index (χ0n) is 15.2. The monoisotopic (exact) mass is 355 g/mol. The number of unbranched alkanes of at least 4 members (excludes halogenated alkanes) is 1. The van der Waals surface area contributed by atoms with Crippen molar-refractivity contribution in [2.75, 3.05) is 20.2 Å². The molecule has 0 aliphatic rings. The minimum atomic E-state index is -0.303. The quantitative estimate of drug-likeness (QED) is 0.678. The fourth-order valence-corrected chi connectivity index (χ4v) is 2.49. The summed E-state index contributed by atoms with van der Waals surface area (Å²) in [6.07, 6.45) is 4.06. The first kappa shape index (κ1) is 19.4. The van der Waals surface area contributed by atoms with Crippen molar-refractivity contribution in [1.82, 2.24) is 15.6 Å². The summed E-state index contributed by atoms with van der Waals surface area (Å²) in [4.78, 5) is 28.4. The van der Waals surface area contributed by atoms with Gasteiger partial charge in [-0.2, -0.15) is 0 Å². The van der Waals surface area contributed by atoms with Crippen molar-refractivity contribution >= 4 is 11.8 Å². The van der Waals surface area contributed by atoms with Gasteiger partial charge >= 0.3 is 0 Å². The van der Waals surface area contributed by atoms with Crippen LogP contribution in [-0.2, 0) is 6.42 Å². The molecule has 0 saturated heterocycles. The van der Waals surface area contributed by atoms with Crippen LogP contribution in [0.1, 0.15) is 46.2 Å². The van der Waals surface area contributed by atoms with E-state index < -0.39 is 0 Å². The van der Waals surface area contributed by atoms with Crippen LogP contribution in [0.3, 0.4) is 0 Å². The van der Waals surface area contributed by atoms with Crippen LogP contribution >= 0.6 is 0 Å². The average molecular weight is 355 g/mol. The number of carbonyl (C=O) groups excluding carboxylic acids is 2. The molecule has 0 unspecified atom stereocenters. The summed E-state index contributed by atoms with van der Waals surface area (Å²) in [6, 6.07) is 10.8. The topological polar surface area (TPSA) is 80.3 Å². The van der Waals surface area contributed by atoms with Crippen molar-refractivity contribution in [2.24, 2.45) is 0 Å². The van der Waals surface area contributed by atoms with Gasteiger partial charge in [-0.15, -0.1) is 0 Å². The molecule has 0 aliphatic heterocycles. The minimum Gasteiger partial charge on any atom is -0.496 e. The first-order valence-electron chi connectivity index (χ1n) is 8.80. The highest BCUT2D eigenvalue weighted by Crippen LogP contribution is 2.17. The number of hydrogen-bond acceptors (Lipinski definition) is 4. The van der Waals surface area contributed by atoms with E-state index in [0.29, 0.717) is 25.1 Å². The Balaban J connectivity index is 1.91. The first-order chi connectivity index (χ1) is 12.7. The number of ether oxygens (including phenoxy) is 1. The lowest BCUT2D eigenvalue weighted by atomic mass is 10.1. The predicted octanol–water partition coefficient (Wildman–Crippen LogP) is 2.59. The SMILES string of the molecule is CCCCNC(=O)c1ccnc(C(=O)NCCc2ccccc2OC)c1. The maximum atomic E-state index is 12.3. The van der Waals surface area contributed by atoms with Crippen LogP contribution in [0.2, 0.25) is 0 Å². The predicted molar refractivity (Wildman–Crippen MR) is 101 cm³/mol.